The zero-order valence-electron chi connectivity index (χ0n) is 15.8. The number of carbonyl (C=O) groups is 2. The summed E-state index contributed by atoms with van der Waals surface area (Å²) in [5.74, 6) is -1.34. The maximum Gasteiger partial charge on any atom is 0.335 e. The Bertz CT molecular complexity index is 405. The molecule has 152 valence electrons. The Morgan fingerprint density at radius 1 is 1.04 bits per heavy atom. The van der Waals surface area contributed by atoms with E-state index in [4.69, 9.17) is 18.9 Å². The molecular weight excluding hydrogens is 424 g/mol. The van der Waals surface area contributed by atoms with Crippen LogP contribution in [0.5, 0.6) is 0 Å². The van der Waals surface area contributed by atoms with Crippen LogP contribution < -0.4 is 0 Å². The molecule has 26 heavy (non-hydrogen) atoms. The van der Waals surface area contributed by atoms with Gasteiger partial charge in [0.2, 0.25) is 0 Å². The Balaban J connectivity index is 0.00000625. The van der Waals surface area contributed by atoms with Crippen LogP contribution in [-0.2, 0) is 49.6 Å². The second kappa shape index (κ2) is 14.6. The first-order valence-electron chi connectivity index (χ1n) is 9.20. The summed E-state index contributed by atoms with van der Waals surface area (Å²) in [6, 6.07) is 0. The molecule has 1 rings (SSSR count). The number of esters is 2. The van der Waals surface area contributed by atoms with Crippen LogP contribution in [0, 0.1) is 6.42 Å². The molecule has 0 spiro atoms. The molecule has 1 N–H and O–H groups in total. The van der Waals surface area contributed by atoms with Gasteiger partial charge in [-0.05, 0) is 32.8 Å². The molecule has 1 heterocycles. The van der Waals surface area contributed by atoms with Crippen LogP contribution in [-0.4, -0.2) is 54.9 Å². The van der Waals surface area contributed by atoms with Gasteiger partial charge in [-0.2, -0.15) is 0 Å². The first-order valence-corrected chi connectivity index (χ1v) is 9.20. The number of unbranched alkanes of at least 4 members (excludes halogenated alkanes) is 4. The van der Waals surface area contributed by atoms with E-state index in [2.05, 4.69) is 6.92 Å². The first kappa shape index (κ1) is 25.5. The largest absolute Gasteiger partial charge is 0.466 e. The van der Waals surface area contributed by atoms with Crippen LogP contribution in [0.4, 0.5) is 0 Å². The minimum absolute atomic E-state index is 0. The molecule has 0 radical (unpaired) electrons. The number of aliphatic hydroxyl groups is 1. The quantitative estimate of drug-likeness (QED) is 0.209. The summed E-state index contributed by atoms with van der Waals surface area (Å²) in [6.07, 6.45) is 3.54. The SMILES string of the molecule is CCCCCCCC1O[C@@H]([CH-][C@H](O)C(=O)OCC)[C@H](C(=O)OCC)O1.[Mo]. The number of hydrogen-bond donors (Lipinski definition) is 1. The van der Waals surface area contributed by atoms with Gasteiger partial charge in [-0.25, -0.2) is 4.79 Å². The van der Waals surface area contributed by atoms with Crippen molar-refractivity contribution in [1.82, 2.24) is 0 Å². The third-order valence-electron chi connectivity index (χ3n) is 3.87. The fourth-order valence-corrected chi connectivity index (χ4v) is 2.62. The predicted octanol–water partition coefficient (Wildman–Crippen LogP) is 2.15. The predicted molar refractivity (Wildman–Crippen MR) is 90.5 cm³/mol. The van der Waals surface area contributed by atoms with Crippen molar-refractivity contribution in [2.45, 2.75) is 83.9 Å². The third-order valence-corrected chi connectivity index (χ3v) is 3.87. The van der Waals surface area contributed by atoms with E-state index in [9.17, 15) is 14.7 Å². The van der Waals surface area contributed by atoms with Crippen LogP contribution in [0.2, 0.25) is 0 Å². The van der Waals surface area contributed by atoms with E-state index < -0.39 is 36.5 Å². The number of hydrogen-bond acceptors (Lipinski definition) is 7. The van der Waals surface area contributed by atoms with Crippen molar-refractivity contribution in [2.75, 3.05) is 13.2 Å². The molecule has 0 aliphatic carbocycles. The Morgan fingerprint density at radius 2 is 1.69 bits per heavy atom. The van der Waals surface area contributed by atoms with Gasteiger partial charge in [-0.1, -0.05) is 32.6 Å². The molecule has 8 heteroatoms. The summed E-state index contributed by atoms with van der Waals surface area (Å²) < 4.78 is 21.1. The summed E-state index contributed by atoms with van der Waals surface area (Å²) in [4.78, 5) is 23.6. The molecule has 0 amide bonds. The second-order valence-corrected chi connectivity index (χ2v) is 5.93. The molecule has 1 aliphatic heterocycles. The van der Waals surface area contributed by atoms with E-state index in [1.807, 2.05) is 0 Å². The maximum atomic E-state index is 12.0. The summed E-state index contributed by atoms with van der Waals surface area (Å²) in [5, 5.41) is 9.88. The van der Waals surface area contributed by atoms with E-state index in [-0.39, 0.29) is 34.3 Å². The third kappa shape index (κ3) is 8.94. The Morgan fingerprint density at radius 3 is 2.31 bits per heavy atom. The maximum absolute atomic E-state index is 12.0. The molecule has 1 fully saturated rings. The van der Waals surface area contributed by atoms with Gasteiger partial charge in [0.05, 0.1) is 13.2 Å². The van der Waals surface area contributed by atoms with E-state index in [0.29, 0.717) is 6.42 Å². The molecule has 1 unspecified atom stereocenters. The van der Waals surface area contributed by atoms with Gasteiger partial charge in [-0.3, -0.25) is 11.2 Å². The normalized spacial score (nSPS) is 23.2. The minimum atomic E-state index is -1.48. The first-order chi connectivity index (χ1) is 12.0. The zero-order chi connectivity index (χ0) is 18.7. The zero-order valence-corrected chi connectivity index (χ0v) is 17.9. The van der Waals surface area contributed by atoms with Crippen LogP contribution >= 0.6 is 0 Å². The Labute approximate surface area is 170 Å². The van der Waals surface area contributed by atoms with E-state index >= 15 is 0 Å². The topological polar surface area (TPSA) is 91.3 Å². The summed E-state index contributed by atoms with van der Waals surface area (Å²) in [7, 11) is 0. The fourth-order valence-electron chi connectivity index (χ4n) is 2.62. The molecule has 4 atom stereocenters. The van der Waals surface area contributed by atoms with E-state index in [1.54, 1.807) is 13.8 Å². The van der Waals surface area contributed by atoms with Gasteiger partial charge < -0.3 is 24.1 Å². The smallest absolute Gasteiger partial charge is 0.335 e. The second-order valence-electron chi connectivity index (χ2n) is 5.93. The van der Waals surface area contributed by atoms with Crippen LogP contribution in [0.15, 0.2) is 0 Å². The standard InChI is InChI=1S/C18H31O7.Mo/c1-4-7-8-9-10-11-15-24-14(12-13(19)17(20)22-5-2)16(25-15)18(21)23-6-3;/h12-16,19H,4-11H2,1-3H3;/q-1;/t13-,14-,15?,16+;/m0./s1. The molecule has 0 aromatic heterocycles. The van der Waals surface area contributed by atoms with Crippen molar-refractivity contribution in [3.8, 4) is 0 Å². The van der Waals surface area contributed by atoms with Gasteiger partial charge in [0.25, 0.3) is 0 Å². The van der Waals surface area contributed by atoms with Crippen molar-refractivity contribution in [2.24, 2.45) is 0 Å². The van der Waals surface area contributed by atoms with Crippen molar-refractivity contribution in [3.05, 3.63) is 6.42 Å². The van der Waals surface area contributed by atoms with Crippen molar-refractivity contribution in [3.63, 3.8) is 0 Å². The summed E-state index contributed by atoms with van der Waals surface area (Å²) in [5.41, 5.74) is 0. The Hall–Kier alpha value is -0.492. The van der Waals surface area contributed by atoms with Crippen LogP contribution in [0.3, 0.4) is 0 Å². The summed E-state index contributed by atoms with van der Waals surface area (Å²) in [6.45, 7) is 5.88. The van der Waals surface area contributed by atoms with Crippen molar-refractivity contribution < 1.29 is 54.7 Å². The van der Waals surface area contributed by atoms with Crippen molar-refractivity contribution in [1.29, 1.82) is 0 Å². The fraction of sp³-hybridized carbons (Fsp3) is 0.833. The van der Waals surface area contributed by atoms with Gasteiger partial charge in [0, 0.05) is 27.2 Å². The summed E-state index contributed by atoms with van der Waals surface area (Å²) >= 11 is 0. The molecule has 0 bridgehead atoms. The van der Waals surface area contributed by atoms with E-state index in [1.165, 1.54) is 19.3 Å². The van der Waals surface area contributed by atoms with Gasteiger partial charge >= 0.3 is 11.9 Å². The average molecular weight is 455 g/mol. The van der Waals surface area contributed by atoms with Crippen molar-refractivity contribution >= 4 is 11.9 Å². The van der Waals surface area contributed by atoms with Crippen LogP contribution in [0.1, 0.15) is 59.3 Å². The number of ether oxygens (including phenoxy) is 4. The van der Waals surface area contributed by atoms with E-state index in [0.717, 1.165) is 19.3 Å². The minimum Gasteiger partial charge on any atom is -0.466 e. The molecule has 7 nitrogen and oxygen atoms in total. The number of carbonyl (C=O) groups excluding carboxylic acids is 2. The van der Waals surface area contributed by atoms with Gasteiger partial charge in [-0.15, -0.1) is 0 Å². The molecule has 0 aromatic carbocycles. The number of aliphatic hydroxyl groups excluding tert-OH is 1. The van der Waals surface area contributed by atoms with Gasteiger partial charge in [0.15, 0.2) is 12.4 Å². The molecule has 0 saturated carbocycles. The van der Waals surface area contributed by atoms with Crippen LogP contribution in [0.25, 0.3) is 0 Å². The molecular formula is C18H31MoO7-. The van der Waals surface area contributed by atoms with Gasteiger partial charge in [0.1, 0.15) is 0 Å². The molecule has 1 saturated heterocycles. The number of rotatable bonds is 12. The molecule has 1 aliphatic rings. The Kier molecular flexibility index (Phi) is 14.3. The average Bonchev–Trinajstić information content (AvgIpc) is 2.98. The molecule has 0 aromatic rings. The monoisotopic (exact) mass is 457 g/mol.